The normalized spacial score (nSPS) is 11.8. The van der Waals surface area contributed by atoms with Gasteiger partial charge in [-0.3, -0.25) is 4.98 Å². The predicted molar refractivity (Wildman–Crippen MR) is 72.2 cm³/mol. The van der Waals surface area contributed by atoms with Crippen LogP contribution in [0.4, 0.5) is 19.1 Å². The zero-order chi connectivity index (χ0) is 15.0. The largest absolute Gasteiger partial charge is 0.416 e. The molecule has 3 aromatic rings. The van der Waals surface area contributed by atoms with Gasteiger partial charge in [-0.1, -0.05) is 0 Å². The lowest BCUT2D eigenvalue weighted by atomic mass is 10.1. The van der Waals surface area contributed by atoms with Gasteiger partial charge in [-0.25, -0.2) is 9.97 Å². The third-order valence-corrected chi connectivity index (χ3v) is 2.98. The van der Waals surface area contributed by atoms with E-state index in [4.69, 9.17) is 5.73 Å². The van der Waals surface area contributed by atoms with Crippen LogP contribution in [0.25, 0.3) is 22.2 Å². The minimum Gasteiger partial charge on any atom is -0.368 e. The summed E-state index contributed by atoms with van der Waals surface area (Å²) in [5.41, 5.74) is 6.13. The number of aromatic nitrogens is 3. The molecule has 4 nitrogen and oxygen atoms in total. The van der Waals surface area contributed by atoms with Gasteiger partial charge in [0.1, 0.15) is 0 Å². The summed E-state index contributed by atoms with van der Waals surface area (Å²) >= 11 is 0. The van der Waals surface area contributed by atoms with E-state index in [1.54, 1.807) is 18.3 Å². The van der Waals surface area contributed by atoms with Crippen molar-refractivity contribution in [3.8, 4) is 11.3 Å². The van der Waals surface area contributed by atoms with E-state index in [2.05, 4.69) is 15.0 Å². The van der Waals surface area contributed by atoms with Gasteiger partial charge in [-0.2, -0.15) is 13.2 Å². The highest BCUT2D eigenvalue weighted by Crippen LogP contribution is 2.34. The number of nitrogens with two attached hydrogens (primary N) is 1. The minimum absolute atomic E-state index is 0.00103. The van der Waals surface area contributed by atoms with Crippen molar-refractivity contribution < 1.29 is 13.2 Å². The molecule has 2 heterocycles. The van der Waals surface area contributed by atoms with Crippen LogP contribution < -0.4 is 5.73 Å². The topological polar surface area (TPSA) is 64.7 Å². The predicted octanol–water partition coefficient (Wildman–Crippen LogP) is 3.29. The van der Waals surface area contributed by atoms with Crippen LogP contribution in [-0.4, -0.2) is 15.0 Å². The van der Waals surface area contributed by atoms with E-state index in [1.165, 1.54) is 12.3 Å². The maximum Gasteiger partial charge on any atom is 0.416 e. The molecule has 7 heteroatoms. The van der Waals surface area contributed by atoms with E-state index in [1.807, 2.05) is 0 Å². The van der Waals surface area contributed by atoms with E-state index in [9.17, 15) is 13.2 Å². The number of nitrogen functional groups attached to an aromatic ring is 1. The third-order valence-electron chi connectivity index (χ3n) is 2.98. The van der Waals surface area contributed by atoms with Gasteiger partial charge in [0, 0.05) is 23.3 Å². The number of fused-ring (bicyclic) bond motifs is 1. The molecule has 0 spiro atoms. The Labute approximate surface area is 117 Å². The summed E-state index contributed by atoms with van der Waals surface area (Å²) in [5.74, 6) is 0.00103. The van der Waals surface area contributed by atoms with E-state index in [0.717, 1.165) is 12.1 Å². The van der Waals surface area contributed by atoms with Gasteiger partial charge in [0.25, 0.3) is 0 Å². The Hall–Kier alpha value is -2.70. The number of halogens is 3. The molecule has 2 aromatic heterocycles. The van der Waals surface area contributed by atoms with Crippen LogP contribution in [0.2, 0.25) is 0 Å². The summed E-state index contributed by atoms with van der Waals surface area (Å²) in [7, 11) is 0. The Kier molecular flexibility index (Phi) is 2.97. The Balaban J connectivity index is 2.32. The maximum atomic E-state index is 12.9. The number of nitrogens with zero attached hydrogens (tertiary/aromatic N) is 3. The van der Waals surface area contributed by atoms with Gasteiger partial charge >= 0.3 is 6.18 Å². The number of rotatable bonds is 1. The molecule has 21 heavy (non-hydrogen) atoms. The highest BCUT2D eigenvalue weighted by atomic mass is 19.4. The molecule has 3 rings (SSSR count). The van der Waals surface area contributed by atoms with E-state index >= 15 is 0 Å². The molecule has 0 amide bonds. The molecule has 0 atom stereocenters. The maximum absolute atomic E-state index is 12.9. The molecule has 0 fully saturated rings. The van der Waals surface area contributed by atoms with Crippen molar-refractivity contribution in [3.63, 3.8) is 0 Å². The molecule has 1 aromatic carbocycles. The van der Waals surface area contributed by atoms with Crippen molar-refractivity contribution >= 4 is 16.9 Å². The average molecular weight is 290 g/mol. The van der Waals surface area contributed by atoms with E-state index in [0.29, 0.717) is 16.8 Å². The Morgan fingerprint density at radius 3 is 2.52 bits per heavy atom. The fraction of sp³-hybridized carbons (Fsp3) is 0.0714. The average Bonchev–Trinajstić information content (AvgIpc) is 2.46. The number of anilines is 1. The summed E-state index contributed by atoms with van der Waals surface area (Å²) in [6.07, 6.45) is -1.35. The minimum atomic E-state index is -4.43. The second kappa shape index (κ2) is 4.69. The van der Waals surface area contributed by atoms with Crippen LogP contribution >= 0.6 is 0 Å². The van der Waals surface area contributed by atoms with Crippen LogP contribution in [0.15, 0.2) is 42.7 Å². The first-order valence-corrected chi connectivity index (χ1v) is 6.00. The fourth-order valence-corrected chi connectivity index (χ4v) is 2.05. The second-order valence-corrected chi connectivity index (χ2v) is 4.40. The van der Waals surface area contributed by atoms with Crippen LogP contribution in [0.1, 0.15) is 5.56 Å². The zero-order valence-electron chi connectivity index (χ0n) is 10.6. The monoisotopic (exact) mass is 290 g/mol. The number of hydrogen-bond donors (Lipinski definition) is 1. The molecule has 0 aliphatic heterocycles. The lowest BCUT2D eigenvalue weighted by molar-refractivity contribution is -0.137. The Morgan fingerprint density at radius 1 is 1.05 bits per heavy atom. The van der Waals surface area contributed by atoms with E-state index < -0.39 is 11.7 Å². The molecule has 0 radical (unpaired) electrons. The lowest BCUT2D eigenvalue weighted by Gasteiger charge is -2.10. The number of benzene rings is 1. The van der Waals surface area contributed by atoms with Crippen LogP contribution in [0.3, 0.4) is 0 Å². The van der Waals surface area contributed by atoms with Crippen molar-refractivity contribution in [3.05, 3.63) is 48.3 Å². The Morgan fingerprint density at radius 2 is 1.86 bits per heavy atom. The third kappa shape index (κ3) is 2.49. The highest BCUT2D eigenvalue weighted by molar-refractivity contribution is 5.93. The summed E-state index contributed by atoms with van der Waals surface area (Å²) < 4.78 is 38.6. The van der Waals surface area contributed by atoms with Gasteiger partial charge < -0.3 is 5.73 Å². The van der Waals surface area contributed by atoms with Gasteiger partial charge in [-0.05, 0) is 30.3 Å². The highest BCUT2D eigenvalue weighted by Gasteiger charge is 2.31. The molecule has 0 aliphatic carbocycles. The molecular weight excluding hydrogens is 281 g/mol. The Bertz CT molecular complexity index is 800. The molecule has 2 N–H and O–H groups in total. The standard InChI is InChI=1S/C14H9F3N4/c15-14(16,17)9-3-4-11-10(6-9)12(21-13(18)20-11)8-2-1-5-19-7-8/h1-7H,(H2,18,20,21). The van der Waals surface area contributed by atoms with Gasteiger partial charge in [-0.15, -0.1) is 0 Å². The van der Waals surface area contributed by atoms with Crippen LogP contribution in [0.5, 0.6) is 0 Å². The van der Waals surface area contributed by atoms with E-state index in [-0.39, 0.29) is 11.3 Å². The van der Waals surface area contributed by atoms with Crippen LogP contribution in [-0.2, 0) is 6.18 Å². The van der Waals surface area contributed by atoms with Crippen molar-refractivity contribution in [2.24, 2.45) is 0 Å². The molecule has 0 saturated heterocycles. The summed E-state index contributed by atoms with van der Waals surface area (Å²) in [4.78, 5) is 12.0. The SMILES string of the molecule is Nc1nc(-c2cccnc2)c2cc(C(F)(F)F)ccc2n1. The number of hydrogen-bond acceptors (Lipinski definition) is 4. The smallest absolute Gasteiger partial charge is 0.368 e. The fourth-order valence-electron chi connectivity index (χ4n) is 2.05. The molecule has 0 unspecified atom stereocenters. The van der Waals surface area contributed by atoms with Gasteiger partial charge in [0.05, 0.1) is 16.8 Å². The van der Waals surface area contributed by atoms with Crippen LogP contribution in [0, 0.1) is 0 Å². The van der Waals surface area contributed by atoms with Crippen molar-refractivity contribution in [2.45, 2.75) is 6.18 Å². The second-order valence-electron chi connectivity index (χ2n) is 4.40. The molecule has 0 bridgehead atoms. The number of alkyl halides is 3. The van der Waals surface area contributed by atoms with Crippen molar-refractivity contribution in [1.82, 2.24) is 15.0 Å². The lowest BCUT2D eigenvalue weighted by Crippen LogP contribution is -2.05. The number of pyridine rings is 1. The first-order valence-electron chi connectivity index (χ1n) is 6.00. The summed E-state index contributed by atoms with van der Waals surface area (Å²) in [6.45, 7) is 0. The molecule has 0 aliphatic rings. The quantitative estimate of drug-likeness (QED) is 0.747. The first kappa shape index (κ1) is 13.3. The molecule has 0 saturated carbocycles. The zero-order valence-corrected chi connectivity index (χ0v) is 10.6. The van der Waals surface area contributed by atoms with Crippen molar-refractivity contribution in [1.29, 1.82) is 0 Å². The van der Waals surface area contributed by atoms with Gasteiger partial charge in [0.15, 0.2) is 0 Å². The molecule has 106 valence electrons. The molecular formula is C14H9F3N4. The first-order chi connectivity index (χ1) is 9.95. The summed E-state index contributed by atoms with van der Waals surface area (Å²) in [5, 5.41) is 0.284. The summed E-state index contributed by atoms with van der Waals surface area (Å²) in [6, 6.07) is 6.66. The van der Waals surface area contributed by atoms with Crippen molar-refractivity contribution in [2.75, 3.05) is 5.73 Å². The van der Waals surface area contributed by atoms with Gasteiger partial charge in [0.2, 0.25) is 5.95 Å².